The third kappa shape index (κ3) is 3.50. The molecule has 0 bridgehead atoms. The molecule has 1 aromatic heterocycles. The van der Waals surface area contributed by atoms with E-state index in [2.05, 4.69) is 32.9 Å². The summed E-state index contributed by atoms with van der Waals surface area (Å²) in [6.45, 7) is 0. The van der Waals surface area contributed by atoms with Crippen LogP contribution in [0.3, 0.4) is 0 Å². The van der Waals surface area contributed by atoms with E-state index in [1.807, 2.05) is 6.07 Å². The second kappa shape index (κ2) is 5.79. The Morgan fingerprint density at radius 1 is 1.21 bits per heavy atom. The van der Waals surface area contributed by atoms with Gasteiger partial charge < -0.3 is 10.4 Å². The van der Waals surface area contributed by atoms with Crippen molar-refractivity contribution in [3.05, 3.63) is 57.4 Å². The molecule has 0 atom stereocenters. The van der Waals surface area contributed by atoms with Gasteiger partial charge in [-0.15, -0.1) is 0 Å². The van der Waals surface area contributed by atoms with Gasteiger partial charge in [0.15, 0.2) is 0 Å². The molecule has 0 aliphatic rings. The average molecular weight is 368 g/mol. The van der Waals surface area contributed by atoms with Crippen LogP contribution < -0.4 is 5.32 Å². The van der Waals surface area contributed by atoms with Crippen LogP contribution in [0.25, 0.3) is 0 Å². The highest BCUT2D eigenvalue weighted by Crippen LogP contribution is 2.11. The van der Waals surface area contributed by atoms with Crippen molar-refractivity contribution in [1.82, 2.24) is 4.98 Å². The first-order chi connectivity index (χ1) is 9.06. The highest BCUT2D eigenvalue weighted by atomic mass is 127. The lowest BCUT2D eigenvalue weighted by Crippen LogP contribution is -2.12. The van der Waals surface area contributed by atoms with Crippen LogP contribution in [0, 0.1) is 3.57 Å². The van der Waals surface area contributed by atoms with E-state index in [0.29, 0.717) is 11.3 Å². The molecule has 0 spiro atoms. The van der Waals surface area contributed by atoms with Crippen molar-refractivity contribution in [2.45, 2.75) is 0 Å². The Morgan fingerprint density at radius 3 is 2.58 bits per heavy atom. The number of halogens is 1. The minimum Gasteiger partial charge on any atom is -0.477 e. The minimum absolute atomic E-state index is 0.0627. The SMILES string of the molecule is O=C(Nc1ccc(C(=O)O)nc1)c1cccc(I)c1. The zero-order valence-corrected chi connectivity index (χ0v) is 11.8. The molecule has 0 aliphatic carbocycles. The zero-order valence-electron chi connectivity index (χ0n) is 9.63. The lowest BCUT2D eigenvalue weighted by molar-refractivity contribution is 0.0690. The van der Waals surface area contributed by atoms with Crippen molar-refractivity contribution in [2.24, 2.45) is 0 Å². The Morgan fingerprint density at radius 2 is 2.00 bits per heavy atom. The highest BCUT2D eigenvalue weighted by Gasteiger charge is 2.08. The number of carboxylic acids is 1. The largest absolute Gasteiger partial charge is 0.477 e. The molecular weight excluding hydrogens is 359 g/mol. The molecular formula is C13H9IN2O3. The summed E-state index contributed by atoms with van der Waals surface area (Å²) in [4.78, 5) is 26.3. The first-order valence-electron chi connectivity index (χ1n) is 5.32. The number of anilines is 1. The number of aromatic carboxylic acids is 1. The molecule has 2 aromatic rings. The number of hydrogen-bond donors (Lipinski definition) is 2. The van der Waals surface area contributed by atoms with Gasteiger partial charge in [0.2, 0.25) is 0 Å². The standard InChI is InChI=1S/C13H9IN2O3/c14-9-3-1-2-8(6-9)12(17)16-10-4-5-11(13(18)19)15-7-10/h1-7H,(H,16,17)(H,18,19). The monoisotopic (exact) mass is 368 g/mol. The summed E-state index contributed by atoms with van der Waals surface area (Å²) in [7, 11) is 0. The molecule has 0 radical (unpaired) electrons. The number of carboxylic acid groups (broad SMARTS) is 1. The smallest absolute Gasteiger partial charge is 0.354 e. The molecule has 5 nitrogen and oxygen atoms in total. The van der Waals surface area contributed by atoms with Gasteiger partial charge >= 0.3 is 5.97 Å². The Hall–Kier alpha value is -1.96. The van der Waals surface area contributed by atoms with Crippen molar-refractivity contribution in [3.63, 3.8) is 0 Å². The van der Waals surface area contributed by atoms with E-state index < -0.39 is 5.97 Å². The summed E-state index contributed by atoms with van der Waals surface area (Å²) in [5.74, 6) is -1.36. The van der Waals surface area contributed by atoms with Crippen LogP contribution in [0.15, 0.2) is 42.6 Å². The Bertz CT molecular complexity index is 626. The van der Waals surface area contributed by atoms with Crippen molar-refractivity contribution in [1.29, 1.82) is 0 Å². The number of nitrogens with one attached hydrogen (secondary N) is 1. The molecule has 1 amide bonds. The quantitative estimate of drug-likeness (QED) is 0.817. The first-order valence-corrected chi connectivity index (χ1v) is 6.40. The maximum Gasteiger partial charge on any atom is 0.354 e. The molecule has 1 aromatic carbocycles. The van der Waals surface area contributed by atoms with E-state index in [1.54, 1.807) is 18.2 Å². The molecule has 0 fully saturated rings. The van der Waals surface area contributed by atoms with E-state index in [9.17, 15) is 9.59 Å². The zero-order chi connectivity index (χ0) is 13.8. The molecule has 19 heavy (non-hydrogen) atoms. The van der Waals surface area contributed by atoms with Crippen LogP contribution in [0.5, 0.6) is 0 Å². The molecule has 1 heterocycles. The Labute approximate surface area is 122 Å². The molecule has 2 N–H and O–H groups in total. The number of amides is 1. The van der Waals surface area contributed by atoms with Crippen molar-refractivity contribution >= 4 is 40.2 Å². The fraction of sp³-hybridized carbons (Fsp3) is 0. The fourth-order valence-electron chi connectivity index (χ4n) is 1.43. The predicted octanol–water partition coefficient (Wildman–Crippen LogP) is 2.64. The van der Waals surface area contributed by atoms with Gasteiger partial charge in [-0.25, -0.2) is 9.78 Å². The maximum absolute atomic E-state index is 11.9. The van der Waals surface area contributed by atoms with E-state index >= 15 is 0 Å². The number of pyridine rings is 1. The number of nitrogens with zero attached hydrogens (tertiary/aromatic N) is 1. The number of carbonyl (C=O) groups excluding carboxylic acids is 1. The number of rotatable bonds is 3. The number of benzene rings is 1. The Kier molecular flexibility index (Phi) is 4.10. The third-order valence-corrected chi connectivity index (χ3v) is 3.00. The van der Waals surface area contributed by atoms with Gasteiger partial charge in [-0.05, 0) is 52.9 Å². The first kappa shape index (κ1) is 13.5. The van der Waals surface area contributed by atoms with Gasteiger partial charge in [0.25, 0.3) is 5.91 Å². The van der Waals surface area contributed by atoms with E-state index in [4.69, 9.17) is 5.11 Å². The lowest BCUT2D eigenvalue weighted by atomic mass is 10.2. The second-order valence-corrected chi connectivity index (χ2v) is 4.95. The third-order valence-electron chi connectivity index (χ3n) is 2.33. The number of aromatic nitrogens is 1. The number of carbonyl (C=O) groups is 2. The summed E-state index contributed by atoms with van der Waals surface area (Å²) < 4.78 is 0.963. The van der Waals surface area contributed by atoms with Gasteiger partial charge in [-0.1, -0.05) is 6.07 Å². The van der Waals surface area contributed by atoms with Gasteiger partial charge in [0, 0.05) is 9.13 Å². The van der Waals surface area contributed by atoms with Crippen molar-refractivity contribution in [2.75, 3.05) is 5.32 Å². The van der Waals surface area contributed by atoms with Gasteiger partial charge in [-0.3, -0.25) is 4.79 Å². The molecule has 0 unspecified atom stereocenters. The number of hydrogen-bond acceptors (Lipinski definition) is 3. The van der Waals surface area contributed by atoms with E-state index in [-0.39, 0.29) is 11.6 Å². The van der Waals surface area contributed by atoms with Gasteiger partial charge in [0.05, 0.1) is 11.9 Å². The molecule has 0 saturated heterocycles. The lowest BCUT2D eigenvalue weighted by Gasteiger charge is -2.05. The Balaban J connectivity index is 2.13. The van der Waals surface area contributed by atoms with E-state index in [0.717, 1.165) is 3.57 Å². The summed E-state index contributed by atoms with van der Waals surface area (Å²) >= 11 is 2.12. The van der Waals surface area contributed by atoms with Crippen LogP contribution in [0.4, 0.5) is 5.69 Å². The van der Waals surface area contributed by atoms with E-state index in [1.165, 1.54) is 18.3 Å². The second-order valence-electron chi connectivity index (χ2n) is 3.70. The van der Waals surface area contributed by atoms with Crippen LogP contribution in [-0.4, -0.2) is 22.0 Å². The summed E-state index contributed by atoms with van der Waals surface area (Å²) in [5, 5.41) is 11.4. The van der Waals surface area contributed by atoms with Crippen LogP contribution >= 0.6 is 22.6 Å². The van der Waals surface area contributed by atoms with Crippen LogP contribution in [-0.2, 0) is 0 Å². The van der Waals surface area contributed by atoms with Gasteiger partial charge in [0.1, 0.15) is 5.69 Å². The topological polar surface area (TPSA) is 79.3 Å². The molecule has 0 aliphatic heterocycles. The minimum atomic E-state index is -1.10. The summed E-state index contributed by atoms with van der Waals surface area (Å²) in [6, 6.07) is 9.99. The molecule has 0 saturated carbocycles. The molecule has 6 heteroatoms. The normalized spacial score (nSPS) is 9.95. The van der Waals surface area contributed by atoms with Crippen molar-refractivity contribution in [3.8, 4) is 0 Å². The molecule has 2 rings (SSSR count). The van der Waals surface area contributed by atoms with Gasteiger partial charge in [-0.2, -0.15) is 0 Å². The molecule has 96 valence electrons. The van der Waals surface area contributed by atoms with Crippen LogP contribution in [0.2, 0.25) is 0 Å². The average Bonchev–Trinajstić information content (AvgIpc) is 2.39. The van der Waals surface area contributed by atoms with Crippen molar-refractivity contribution < 1.29 is 14.7 Å². The summed E-state index contributed by atoms with van der Waals surface area (Å²) in [6.07, 6.45) is 1.31. The maximum atomic E-state index is 11.9. The summed E-state index contributed by atoms with van der Waals surface area (Å²) in [5.41, 5.74) is 0.926. The highest BCUT2D eigenvalue weighted by molar-refractivity contribution is 14.1. The fourth-order valence-corrected chi connectivity index (χ4v) is 1.97. The van der Waals surface area contributed by atoms with Crippen LogP contribution in [0.1, 0.15) is 20.8 Å². The predicted molar refractivity (Wildman–Crippen MR) is 78.3 cm³/mol.